The highest BCUT2D eigenvalue weighted by atomic mass is 32.2. The summed E-state index contributed by atoms with van der Waals surface area (Å²) in [6.45, 7) is 3.40. The highest BCUT2D eigenvalue weighted by molar-refractivity contribution is 7.89. The molecule has 0 radical (unpaired) electrons. The summed E-state index contributed by atoms with van der Waals surface area (Å²) in [5, 5.41) is 8.89. The Balaban J connectivity index is 2.94. The lowest BCUT2D eigenvalue weighted by Crippen LogP contribution is -2.29. The fourth-order valence-electron chi connectivity index (χ4n) is 1.53. The van der Waals surface area contributed by atoms with Gasteiger partial charge < -0.3 is 5.11 Å². The number of aromatic carboxylic acids is 1. The predicted octanol–water partition coefficient (Wildman–Crippen LogP) is 0.740. The highest BCUT2D eigenvalue weighted by Crippen LogP contribution is 2.17. The average Bonchev–Trinajstić information content (AvgIpc) is 2.38. The van der Waals surface area contributed by atoms with Gasteiger partial charge in [-0.2, -0.15) is 0 Å². The van der Waals surface area contributed by atoms with Gasteiger partial charge in [0.1, 0.15) is 0 Å². The van der Waals surface area contributed by atoms with Crippen LogP contribution in [0, 0.1) is 6.92 Å². The van der Waals surface area contributed by atoms with E-state index in [0.29, 0.717) is 11.3 Å². The molecule has 0 aliphatic carbocycles. The first-order valence-electron chi connectivity index (χ1n) is 5.96. The molecule has 1 atom stereocenters. The van der Waals surface area contributed by atoms with Crippen LogP contribution < -0.4 is 4.72 Å². The van der Waals surface area contributed by atoms with Crippen molar-refractivity contribution in [1.82, 2.24) is 4.72 Å². The van der Waals surface area contributed by atoms with Crippen molar-refractivity contribution >= 4 is 26.8 Å². The maximum absolute atomic E-state index is 12.1. The van der Waals surface area contributed by atoms with Crippen molar-refractivity contribution in [2.24, 2.45) is 0 Å². The number of sulfonamides is 1. The quantitative estimate of drug-likeness (QED) is 0.772. The van der Waals surface area contributed by atoms with E-state index in [9.17, 15) is 17.4 Å². The van der Waals surface area contributed by atoms with Gasteiger partial charge >= 0.3 is 5.97 Å². The Morgan fingerprint density at radius 3 is 2.60 bits per heavy atom. The van der Waals surface area contributed by atoms with Crippen LogP contribution >= 0.6 is 0 Å². The summed E-state index contributed by atoms with van der Waals surface area (Å²) in [5.74, 6) is -0.489. The van der Waals surface area contributed by atoms with Crippen molar-refractivity contribution in [2.75, 3.05) is 18.1 Å². The molecule has 0 aliphatic rings. The van der Waals surface area contributed by atoms with Crippen molar-refractivity contribution in [3.63, 3.8) is 0 Å². The molecule has 0 bridgehead atoms. The maximum atomic E-state index is 12.1. The molecule has 8 heteroatoms. The fraction of sp³-hybridized carbons (Fsp3) is 0.417. The molecule has 1 aromatic rings. The minimum atomic E-state index is -3.80. The lowest BCUT2D eigenvalue weighted by Gasteiger charge is -2.09. The molecule has 0 aliphatic heterocycles. The number of carboxylic acids is 1. The van der Waals surface area contributed by atoms with Crippen molar-refractivity contribution < 1.29 is 22.5 Å². The van der Waals surface area contributed by atoms with Crippen LogP contribution in [-0.4, -0.2) is 41.8 Å². The first-order valence-corrected chi connectivity index (χ1v) is 8.93. The lowest BCUT2D eigenvalue weighted by atomic mass is 10.1. The van der Waals surface area contributed by atoms with Crippen LogP contribution in [0.3, 0.4) is 0 Å². The number of nitrogens with one attached hydrogen (secondary N) is 1. The van der Waals surface area contributed by atoms with E-state index in [4.69, 9.17) is 5.11 Å². The largest absolute Gasteiger partial charge is 0.478 e. The van der Waals surface area contributed by atoms with E-state index < -0.39 is 26.8 Å². The molecule has 0 aromatic heterocycles. The summed E-state index contributed by atoms with van der Waals surface area (Å²) in [5.41, 5.74) is 0.368. The monoisotopic (exact) mass is 319 g/mol. The van der Waals surface area contributed by atoms with E-state index in [0.717, 1.165) is 6.07 Å². The molecule has 0 heterocycles. The maximum Gasteiger partial charge on any atom is 0.335 e. The number of rotatable bonds is 7. The van der Waals surface area contributed by atoms with Crippen molar-refractivity contribution in [2.45, 2.75) is 18.7 Å². The van der Waals surface area contributed by atoms with E-state index in [1.54, 1.807) is 13.8 Å². The van der Waals surface area contributed by atoms with Crippen molar-refractivity contribution in [3.05, 3.63) is 29.3 Å². The Morgan fingerprint density at radius 2 is 2.05 bits per heavy atom. The topological polar surface area (TPSA) is 101 Å². The third-order valence-corrected chi connectivity index (χ3v) is 5.57. The molecule has 6 nitrogen and oxygen atoms in total. The molecule has 112 valence electrons. The van der Waals surface area contributed by atoms with Crippen LogP contribution in [-0.2, 0) is 20.8 Å². The van der Waals surface area contributed by atoms with Crippen LogP contribution in [0.4, 0.5) is 0 Å². The third kappa shape index (κ3) is 4.39. The third-order valence-electron chi connectivity index (χ3n) is 2.67. The van der Waals surface area contributed by atoms with Crippen LogP contribution in [0.15, 0.2) is 23.1 Å². The number of carbonyl (C=O) groups is 1. The van der Waals surface area contributed by atoms with E-state index in [2.05, 4.69) is 4.72 Å². The molecule has 0 spiro atoms. The van der Waals surface area contributed by atoms with Gasteiger partial charge in [-0.15, -0.1) is 0 Å². The number of benzene rings is 1. The normalized spacial score (nSPS) is 13.1. The highest BCUT2D eigenvalue weighted by Gasteiger charge is 2.18. The fourth-order valence-corrected chi connectivity index (χ4v) is 3.58. The summed E-state index contributed by atoms with van der Waals surface area (Å²) in [7, 11) is -4.85. The summed E-state index contributed by atoms with van der Waals surface area (Å²) in [4.78, 5) is 10.8. The Hall–Kier alpha value is -1.25. The van der Waals surface area contributed by atoms with E-state index in [1.165, 1.54) is 12.1 Å². The molecule has 1 rings (SSSR count). The van der Waals surface area contributed by atoms with E-state index in [-0.39, 0.29) is 22.8 Å². The smallest absolute Gasteiger partial charge is 0.335 e. The molecule has 20 heavy (non-hydrogen) atoms. The first-order chi connectivity index (χ1) is 9.27. The molecule has 2 N–H and O–H groups in total. The van der Waals surface area contributed by atoms with Gasteiger partial charge in [0, 0.05) is 28.9 Å². The summed E-state index contributed by atoms with van der Waals surface area (Å²) >= 11 is 0. The van der Waals surface area contributed by atoms with Crippen LogP contribution in [0.5, 0.6) is 0 Å². The van der Waals surface area contributed by atoms with Crippen LogP contribution in [0.1, 0.15) is 22.8 Å². The number of carboxylic acid groups (broad SMARTS) is 1. The zero-order chi connectivity index (χ0) is 15.3. The minimum Gasteiger partial charge on any atom is -0.478 e. The Labute approximate surface area is 120 Å². The minimum absolute atomic E-state index is 0.0551. The molecule has 0 saturated heterocycles. The van der Waals surface area contributed by atoms with Crippen molar-refractivity contribution in [3.8, 4) is 0 Å². The molecule has 0 fully saturated rings. The second-order valence-electron chi connectivity index (χ2n) is 4.12. The molecular weight excluding hydrogens is 302 g/mol. The molecular formula is C12H17NO5S2. The Morgan fingerprint density at radius 1 is 1.40 bits per heavy atom. The number of hydrogen-bond donors (Lipinski definition) is 2. The van der Waals surface area contributed by atoms with E-state index in [1.807, 2.05) is 0 Å². The van der Waals surface area contributed by atoms with Gasteiger partial charge in [-0.1, -0.05) is 13.0 Å². The molecule has 1 unspecified atom stereocenters. The van der Waals surface area contributed by atoms with Gasteiger partial charge in [0.2, 0.25) is 10.0 Å². The Kier molecular flexibility index (Phi) is 5.85. The average molecular weight is 319 g/mol. The molecule has 1 aromatic carbocycles. The standard InChI is InChI=1S/C12H17NO5S2/c1-3-19(16)7-6-13-20(17,18)11-8-10(12(14)15)5-4-9(11)2/h4-5,8,13H,3,6-7H2,1-2H3,(H,14,15). The van der Waals surface area contributed by atoms with Gasteiger partial charge in [0.15, 0.2) is 0 Å². The summed E-state index contributed by atoms with van der Waals surface area (Å²) < 4.78 is 37.8. The number of hydrogen-bond acceptors (Lipinski definition) is 4. The van der Waals surface area contributed by atoms with Gasteiger partial charge in [0.05, 0.1) is 10.5 Å². The van der Waals surface area contributed by atoms with Crippen LogP contribution in [0.2, 0.25) is 0 Å². The second-order valence-corrected chi connectivity index (χ2v) is 7.72. The second kappa shape index (κ2) is 6.96. The lowest BCUT2D eigenvalue weighted by molar-refractivity contribution is 0.0696. The zero-order valence-electron chi connectivity index (χ0n) is 11.3. The van der Waals surface area contributed by atoms with Gasteiger partial charge in [-0.25, -0.2) is 17.9 Å². The van der Waals surface area contributed by atoms with Gasteiger partial charge in [-0.05, 0) is 24.6 Å². The molecule has 0 saturated carbocycles. The predicted molar refractivity (Wildman–Crippen MR) is 76.9 cm³/mol. The summed E-state index contributed by atoms with van der Waals surface area (Å²) in [6.07, 6.45) is 0. The Bertz CT molecular complexity index is 625. The SMILES string of the molecule is CCS(=O)CCNS(=O)(=O)c1cc(C(=O)O)ccc1C. The zero-order valence-corrected chi connectivity index (χ0v) is 12.9. The van der Waals surface area contributed by atoms with E-state index >= 15 is 0 Å². The van der Waals surface area contributed by atoms with Crippen LogP contribution in [0.25, 0.3) is 0 Å². The molecule has 0 amide bonds. The van der Waals surface area contributed by atoms with Gasteiger partial charge in [-0.3, -0.25) is 4.21 Å². The first kappa shape index (κ1) is 16.8. The van der Waals surface area contributed by atoms with Gasteiger partial charge in [0.25, 0.3) is 0 Å². The summed E-state index contributed by atoms with van der Waals surface area (Å²) in [6, 6.07) is 3.92. The number of aryl methyl sites for hydroxylation is 1. The van der Waals surface area contributed by atoms with Crippen molar-refractivity contribution in [1.29, 1.82) is 0 Å².